The molecule has 2 saturated carbocycles. The van der Waals surface area contributed by atoms with Gasteiger partial charge >= 0.3 is 0 Å². The molecule has 4 fully saturated rings. The number of Topliss-reactive ketones (excluding diaryl/α,β-unsaturated/α-hetero) is 1. The summed E-state index contributed by atoms with van der Waals surface area (Å²) < 4.78 is 11.7. The third kappa shape index (κ3) is 1.38. The van der Waals surface area contributed by atoms with E-state index in [1.807, 2.05) is 43.0 Å². The number of hydrogen-bond donors (Lipinski definition) is 0. The van der Waals surface area contributed by atoms with Crippen molar-refractivity contribution in [3.05, 3.63) is 29.8 Å². The lowest BCUT2D eigenvalue weighted by atomic mass is 9.76. The van der Waals surface area contributed by atoms with Crippen LogP contribution in [0.2, 0.25) is 0 Å². The van der Waals surface area contributed by atoms with Gasteiger partial charge in [-0.25, -0.2) is 0 Å². The molecule has 0 N–H and O–H groups in total. The van der Waals surface area contributed by atoms with Crippen LogP contribution in [0.1, 0.15) is 25.8 Å². The summed E-state index contributed by atoms with van der Waals surface area (Å²) in [5, 5.41) is 0. The molecule has 1 aromatic rings. The Morgan fingerprint density at radius 2 is 1.96 bits per heavy atom. The van der Waals surface area contributed by atoms with Crippen molar-refractivity contribution in [3.8, 4) is 5.75 Å². The fourth-order valence-corrected chi connectivity index (χ4v) is 5.82. The molecule has 126 valence electrons. The number of ketones is 1. The van der Waals surface area contributed by atoms with E-state index >= 15 is 0 Å². The minimum Gasteiger partial charge on any atom is -0.497 e. The maximum Gasteiger partial charge on any atom is 0.229 e. The number of likely N-dealkylation sites (tertiary alicyclic amines) is 1. The van der Waals surface area contributed by atoms with Crippen LogP contribution in [-0.2, 0) is 20.1 Å². The second-order valence-corrected chi connectivity index (χ2v) is 7.73. The summed E-state index contributed by atoms with van der Waals surface area (Å²) in [6, 6.07) is 7.79. The van der Waals surface area contributed by atoms with Crippen molar-refractivity contribution in [2.75, 3.05) is 7.11 Å². The monoisotopic (exact) mass is 327 g/mol. The molecule has 6 atom stereocenters. The third-order valence-electron chi connectivity index (χ3n) is 6.50. The maximum absolute atomic E-state index is 13.2. The van der Waals surface area contributed by atoms with Gasteiger partial charge in [0, 0.05) is 29.4 Å². The lowest BCUT2D eigenvalue weighted by Gasteiger charge is -2.41. The number of nitrogens with zero attached hydrogens (tertiary/aromatic N) is 1. The Morgan fingerprint density at radius 1 is 1.25 bits per heavy atom. The van der Waals surface area contributed by atoms with Crippen molar-refractivity contribution in [1.82, 2.24) is 4.90 Å². The zero-order chi connectivity index (χ0) is 16.8. The van der Waals surface area contributed by atoms with Crippen LogP contribution in [0.3, 0.4) is 0 Å². The Bertz CT molecular complexity index is 742. The maximum atomic E-state index is 13.2. The number of fused-ring (bicyclic) bond motifs is 2. The number of benzene rings is 1. The highest BCUT2D eigenvalue weighted by molar-refractivity contribution is 5.98. The minimum atomic E-state index is -0.793. The highest BCUT2D eigenvalue weighted by Crippen LogP contribution is 2.69. The molecule has 1 amide bonds. The Morgan fingerprint density at radius 3 is 2.58 bits per heavy atom. The lowest BCUT2D eigenvalue weighted by Crippen LogP contribution is -2.51. The summed E-state index contributed by atoms with van der Waals surface area (Å²) in [5.74, 6) is 0.939. The van der Waals surface area contributed by atoms with E-state index in [1.54, 1.807) is 7.11 Å². The second kappa shape index (κ2) is 4.39. The van der Waals surface area contributed by atoms with E-state index in [1.165, 1.54) is 0 Å². The van der Waals surface area contributed by atoms with Gasteiger partial charge in [0.05, 0.1) is 13.0 Å². The van der Waals surface area contributed by atoms with Crippen molar-refractivity contribution in [2.45, 2.75) is 38.1 Å². The molecule has 0 spiro atoms. The van der Waals surface area contributed by atoms with Gasteiger partial charge < -0.3 is 14.4 Å². The molecule has 0 aromatic heterocycles. The number of carbonyl (C=O) groups excluding carboxylic acids is 2. The Hall–Kier alpha value is -1.88. The van der Waals surface area contributed by atoms with Gasteiger partial charge in [0.15, 0.2) is 11.5 Å². The van der Waals surface area contributed by atoms with Crippen LogP contribution in [0.5, 0.6) is 5.75 Å². The van der Waals surface area contributed by atoms with Gasteiger partial charge in [0.2, 0.25) is 5.91 Å². The largest absolute Gasteiger partial charge is 0.497 e. The van der Waals surface area contributed by atoms with E-state index in [4.69, 9.17) is 9.47 Å². The van der Waals surface area contributed by atoms with E-state index in [2.05, 4.69) is 0 Å². The van der Waals surface area contributed by atoms with E-state index < -0.39 is 5.72 Å². The fraction of sp³-hybridized carbons (Fsp3) is 0.579. The average molecular weight is 327 g/mol. The van der Waals surface area contributed by atoms with Crippen LogP contribution in [-0.4, -0.2) is 35.8 Å². The molecule has 2 heterocycles. The molecule has 5 heteroatoms. The first kappa shape index (κ1) is 14.5. The van der Waals surface area contributed by atoms with Crippen LogP contribution in [0.15, 0.2) is 24.3 Å². The smallest absolute Gasteiger partial charge is 0.229 e. The second-order valence-electron chi connectivity index (χ2n) is 7.73. The van der Waals surface area contributed by atoms with E-state index in [9.17, 15) is 9.59 Å². The Kier molecular flexibility index (Phi) is 2.65. The summed E-state index contributed by atoms with van der Waals surface area (Å²) in [7, 11) is 1.63. The van der Waals surface area contributed by atoms with E-state index in [0.717, 1.165) is 17.7 Å². The highest BCUT2D eigenvalue weighted by atomic mass is 16.5. The van der Waals surface area contributed by atoms with Crippen LogP contribution >= 0.6 is 0 Å². The molecule has 2 aliphatic heterocycles. The number of amides is 1. The number of rotatable bonds is 3. The van der Waals surface area contributed by atoms with Gasteiger partial charge in [-0.15, -0.1) is 0 Å². The SMILES string of the molecule is COc1ccc(C23OC4C(=O)C5CC4C2C5C(=O)N3C(C)C)cc1. The standard InChI is InChI=1S/C19H21NO4/c1-9(2)20-18(22)14-12-8-13-15(14)19(20,24-17(13)16(12)21)10-4-6-11(23-3)7-5-10/h4-7,9,12-15,17H,8H2,1-3H3. The molecule has 2 bridgehead atoms. The average Bonchev–Trinajstić information content (AvgIpc) is 3.23. The van der Waals surface area contributed by atoms with E-state index in [0.29, 0.717) is 0 Å². The van der Waals surface area contributed by atoms with Crippen molar-refractivity contribution in [1.29, 1.82) is 0 Å². The van der Waals surface area contributed by atoms with E-state index in [-0.39, 0.29) is 47.5 Å². The highest BCUT2D eigenvalue weighted by Gasteiger charge is 2.79. The quantitative estimate of drug-likeness (QED) is 0.851. The molecule has 4 aliphatic rings. The van der Waals surface area contributed by atoms with Gasteiger partial charge in [0.1, 0.15) is 11.9 Å². The van der Waals surface area contributed by atoms with Crippen LogP contribution in [0.25, 0.3) is 0 Å². The first-order chi connectivity index (χ1) is 11.5. The summed E-state index contributed by atoms with van der Waals surface area (Å²) in [4.78, 5) is 27.7. The minimum absolute atomic E-state index is 0.0263. The van der Waals surface area contributed by atoms with Crippen molar-refractivity contribution < 1.29 is 19.1 Å². The third-order valence-corrected chi connectivity index (χ3v) is 6.50. The van der Waals surface area contributed by atoms with Gasteiger partial charge in [-0.2, -0.15) is 0 Å². The predicted molar refractivity (Wildman–Crippen MR) is 85.1 cm³/mol. The number of hydrogen-bond acceptors (Lipinski definition) is 4. The Labute approximate surface area is 140 Å². The fourth-order valence-electron chi connectivity index (χ4n) is 5.82. The normalized spacial score (nSPS) is 41.8. The predicted octanol–water partition coefficient (Wildman–Crippen LogP) is 1.95. The number of methoxy groups -OCH3 is 1. The molecule has 5 nitrogen and oxygen atoms in total. The number of carbonyl (C=O) groups is 2. The van der Waals surface area contributed by atoms with Crippen molar-refractivity contribution in [3.63, 3.8) is 0 Å². The van der Waals surface area contributed by atoms with Crippen LogP contribution in [0.4, 0.5) is 0 Å². The summed E-state index contributed by atoms with van der Waals surface area (Å²) in [6.07, 6.45) is 0.474. The zero-order valence-electron chi connectivity index (χ0n) is 14.1. The van der Waals surface area contributed by atoms with Gasteiger partial charge in [0.25, 0.3) is 0 Å². The molecule has 2 aliphatic carbocycles. The Balaban J connectivity index is 1.71. The molecular weight excluding hydrogens is 306 g/mol. The van der Waals surface area contributed by atoms with Gasteiger partial charge in [-0.1, -0.05) is 12.1 Å². The van der Waals surface area contributed by atoms with Crippen molar-refractivity contribution >= 4 is 11.7 Å². The number of ether oxygens (including phenoxy) is 2. The molecule has 6 unspecified atom stereocenters. The molecule has 2 saturated heterocycles. The topological polar surface area (TPSA) is 55.8 Å². The lowest BCUT2D eigenvalue weighted by molar-refractivity contribution is -0.179. The molecule has 0 radical (unpaired) electrons. The molecule has 24 heavy (non-hydrogen) atoms. The first-order valence-corrected chi connectivity index (χ1v) is 8.70. The summed E-state index contributed by atoms with van der Waals surface area (Å²) in [5.41, 5.74) is 0.166. The van der Waals surface area contributed by atoms with Crippen molar-refractivity contribution in [2.24, 2.45) is 23.7 Å². The molecule has 5 rings (SSSR count). The van der Waals surface area contributed by atoms with Gasteiger partial charge in [-0.05, 0) is 32.4 Å². The van der Waals surface area contributed by atoms with Gasteiger partial charge in [-0.3, -0.25) is 9.59 Å². The first-order valence-electron chi connectivity index (χ1n) is 8.70. The summed E-state index contributed by atoms with van der Waals surface area (Å²) >= 11 is 0. The molecule has 1 aromatic carbocycles. The van der Waals surface area contributed by atoms with Crippen LogP contribution in [0, 0.1) is 23.7 Å². The molecular formula is C19H21NO4. The summed E-state index contributed by atoms with van der Waals surface area (Å²) in [6.45, 7) is 4.04. The van der Waals surface area contributed by atoms with Crippen LogP contribution < -0.4 is 4.74 Å². The zero-order valence-corrected chi connectivity index (χ0v) is 14.1.